The van der Waals surface area contributed by atoms with Crippen molar-refractivity contribution < 1.29 is 14.6 Å². The fourth-order valence-electron chi connectivity index (χ4n) is 2.83. The summed E-state index contributed by atoms with van der Waals surface area (Å²) in [4.78, 5) is 2.21. The highest BCUT2D eigenvalue weighted by Gasteiger charge is 2.21. The molecular formula is C18H22ClNO3. The second-order valence-corrected chi connectivity index (χ2v) is 5.44. The first-order chi connectivity index (χ1) is 10.8. The number of nitrogens with zero attached hydrogens (tertiary/aromatic N) is 1. The molecule has 2 aromatic rings. The van der Waals surface area contributed by atoms with E-state index in [-0.39, 0.29) is 19.0 Å². The van der Waals surface area contributed by atoms with Crippen LogP contribution in [-0.2, 0) is 6.42 Å². The maximum absolute atomic E-state index is 10.3. The Hall–Kier alpha value is -1.91. The van der Waals surface area contributed by atoms with Crippen LogP contribution in [0.15, 0.2) is 48.5 Å². The van der Waals surface area contributed by atoms with Crippen molar-refractivity contribution in [2.45, 2.75) is 12.5 Å². The molecule has 0 bridgehead atoms. The predicted molar refractivity (Wildman–Crippen MR) is 94.1 cm³/mol. The van der Waals surface area contributed by atoms with Crippen LogP contribution in [0, 0.1) is 0 Å². The van der Waals surface area contributed by atoms with Crippen molar-refractivity contribution in [3.8, 4) is 11.5 Å². The van der Waals surface area contributed by atoms with E-state index >= 15 is 0 Å². The average molecular weight is 336 g/mol. The zero-order valence-electron chi connectivity index (χ0n) is 13.1. The Balaban J connectivity index is 0.00000192. The van der Waals surface area contributed by atoms with Crippen LogP contribution >= 0.6 is 12.4 Å². The molecule has 0 spiro atoms. The van der Waals surface area contributed by atoms with Gasteiger partial charge in [0.15, 0.2) is 11.5 Å². The lowest BCUT2D eigenvalue weighted by molar-refractivity contribution is 0.110. The maximum Gasteiger partial charge on any atom is 0.161 e. The summed E-state index contributed by atoms with van der Waals surface area (Å²) in [7, 11) is 1.61. The number of hydrogen-bond donors (Lipinski definition) is 1. The standard InChI is InChI=1S/C18H21NO3.ClH/c1-21-17-8-4-5-9-18(17)22-13-15(20)12-19-11-10-14-6-2-3-7-16(14)19;/h2-9,15,20H,10-13H2,1H3;1H. The highest BCUT2D eigenvalue weighted by Crippen LogP contribution is 2.28. The number of fused-ring (bicyclic) bond motifs is 1. The minimum absolute atomic E-state index is 0. The Morgan fingerprint density at radius 2 is 1.78 bits per heavy atom. The van der Waals surface area contributed by atoms with Crippen LogP contribution in [0.2, 0.25) is 0 Å². The van der Waals surface area contributed by atoms with Crippen LogP contribution in [-0.4, -0.2) is 38.0 Å². The Labute approximate surface area is 143 Å². The molecule has 1 unspecified atom stereocenters. The summed E-state index contributed by atoms with van der Waals surface area (Å²) in [5, 5.41) is 10.3. The SMILES string of the molecule is COc1ccccc1OCC(O)CN1CCc2ccccc21.Cl. The molecule has 23 heavy (non-hydrogen) atoms. The molecule has 124 valence electrons. The molecule has 0 saturated carbocycles. The van der Waals surface area contributed by atoms with E-state index in [0.29, 0.717) is 18.0 Å². The van der Waals surface area contributed by atoms with Crippen molar-refractivity contribution in [2.24, 2.45) is 0 Å². The zero-order chi connectivity index (χ0) is 15.4. The Bertz CT molecular complexity index is 635. The van der Waals surface area contributed by atoms with Gasteiger partial charge in [-0.25, -0.2) is 0 Å². The number of β-amino-alcohol motifs (C(OH)–C–C–N with tert-alkyl or cyclic N) is 1. The number of methoxy groups -OCH3 is 1. The average Bonchev–Trinajstić information content (AvgIpc) is 2.96. The molecule has 2 aromatic carbocycles. The number of para-hydroxylation sites is 3. The van der Waals surface area contributed by atoms with Gasteiger partial charge in [-0.1, -0.05) is 30.3 Å². The van der Waals surface area contributed by atoms with Crippen molar-refractivity contribution in [3.63, 3.8) is 0 Å². The van der Waals surface area contributed by atoms with Gasteiger partial charge in [0.2, 0.25) is 0 Å². The van der Waals surface area contributed by atoms with E-state index in [1.54, 1.807) is 7.11 Å². The van der Waals surface area contributed by atoms with Gasteiger partial charge in [-0.2, -0.15) is 0 Å². The maximum atomic E-state index is 10.3. The van der Waals surface area contributed by atoms with Crippen LogP contribution < -0.4 is 14.4 Å². The van der Waals surface area contributed by atoms with Crippen LogP contribution in [0.3, 0.4) is 0 Å². The molecule has 0 fully saturated rings. The molecular weight excluding hydrogens is 314 g/mol. The topological polar surface area (TPSA) is 41.9 Å². The van der Waals surface area contributed by atoms with E-state index < -0.39 is 6.10 Å². The summed E-state index contributed by atoms with van der Waals surface area (Å²) >= 11 is 0. The summed E-state index contributed by atoms with van der Waals surface area (Å²) in [6.45, 7) is 1.77. The summed E-state index contributed by atoms with van der Waals surface area (Å²) in [5.41, 5.74) is 2.57. The third-order valence-electron chi connectivity index (χ3n) is 3.91. The third kappa shape index (κ3) is 4.09. The lowest BCUT2D eigenvalue weighted by Crippen LogP contribution is -2.34. The number of anilines is 1. The van der Waals surface area contributed by atoms with E-state index in [0.717, 1.165) is 13.0 Å². The summed E-state index contributed by atoms with van der Waals surface area (Å²) in [5.74, 6) is 1.34. The number of halogens is 1. The summed E-state index contributed by atoms with van der Waals surface area (Å²) < 4.78 is 10.9. The molecule has 0 amide bonds. The van der Waals surface area contributed by atoms with E-state index in [9.17, 15) is 5.11 Å². The summed E-state index contributed by atoms with van der Waals surface area (Å²) in [6.07, 6.45) is 0.493. The van der Waals surface area contributed by atoms with Crippen LogP contribution in [0.5, 0.6) is 11.5 Å². The van der Waals surface area contributed by atoms with Gasteiger partial charge in [0.25, 0.3) is 0 Å². The van der Waals surface area contributed by atoms with E-state index in [2.05, 4.69) is 23.1 Å². The predicted octanol–water partition coefficient (Wildman–Crippen LogP) is 2.92. The summed E-state index contributed by atoms with van der Waals surface area (Å²) in [6, 6.07) is 15.8. The quantitative estimate of drug-likeness (QED) is 0.881. The molecule has 1 aliphatic rings. The van der Waals surface area contributed by atoms with Gasteiger partial charge in [-0.05, 0) is 30.2 Å². The second kappa shape index (κ2) is 8.09. The molecule has 0 aliphatic carbocycles. The smallest absolute Gasteiger partial charge is 0.161 e. The number of aliphatic hydroxyl groups is 1. The van der Waals surface area contributed by atoms with E-state index in [1.807, 2.05) is 30.3 Å². The van der Waals surface area contributed by atoms with Gasteiger partial charge in [0.05, 0.1) is 7.11 Å². The van der Waals surface area contributed by atoms with Crippen LogP contribution in [0.1, 0.15) is 5.56 Å². The fourth-order valence-corrected chi connectivity index (χ4v) is 2.83. The van der Waals surface area contributed by atoms with Gasteiger partial charge in [-0.3, -0.25) is 0 Å². The fraction of sp³-hybridized carbons (Fsp3) is 0.333. The van der Waals surface area contributed by atoms with Crippen LogP contribution in [0.4, 0.5) is 5.69 Å². The molecule has 5 heteroatoms. The normalized spacial score (nSPS) is 13.9. The monoisotopic (exact) mass is 335 g/mol. The van der Waals surface area contributed by atoms with Gasteiger partial charge in [-0.15, -0.1) is 12.4 Å². The number of aliphatic hydroxyl groups excluding tert-OH is 1. The number of hydrogen-bond acceptors (Lipinski definition) is 4. The first-order valence-corrected chi connectivity index (χ1v) is 7.54. The Morgan fingerprint density at radius 1 is 1.09 bits per heavy atom. The van der Waals surface area contributed by atoms with E-state index in [4.69, 9.17) is 9.47 Å². The molecule has 0 saturated heterocycles. The lowest BCUT2D eigenvalue weighted by atomic mass is 10.2. The van der Waals surface area contributed by atoms with Crippen molar-refractivity contribution >= 4 is 18.1 Å². The molecule has 1 N–H and O–H groups in total. The van der Waals surface area contributed by atoms with Crippen molar-refractivity contribution in [2.75, 3.05) is 31.7 Å². The highest BCUT2D eigenvalue weighted by atomic mass is 35.5. The third-order valence-corrected chi connectivity index (χ3v) is 3.91. The second-order valence-electron chi connectivity index (χ2n) is 5.44. The molecule has 1 aliphatic heterocycles. The molecule has 0 radical (unpaired) electrons. The van der Waals surface area contributed by atoms with Crippen molar-refractivity contribution in [1.82, 2.24) is 0 Å². The zero-order valence-corrected chi connectivity index (χ0v) is 14.0. The molecule has 1 atom stereocenters. The highest BCUT2D eigenvalue weighted by molar-refractivity contribution is 5.85. The van der Waals surface area contributed by atoms with Gasteiger partial charge >= 0.3 is 0 Å². The first-order valence-electron chi connectivity index (χ1n) is 7.54. The molecule has 0 aromatic heterocycles. The lowest BCUT2D eigenvalue weighted by Gasteiger charge is -2.23. The number of benzene rings is 2. The van der Waals surface area contributed by atoms with E-state index in [1.165, 1.54) is 11.3 Å². The number of ether oxygens (including phenoxy) is 2. The van der Waals surface area contributed by atoms with Gasteiger partial charge in [0.1, 0.15) is 12.7 Å². The largest absolute Gasteiger partial charge is 0.493 e. The Kier molecular flexibility index (Phi) is 6.13. The van der Waals surface area contributed by atoms with Crippen LogP contribution in [0.25, 0.3) is 0 Å². The number of rotatable bonds is 6. The molecule has 1 heterocycles. The minimum atomic E-state index is -0.545. The van der Waals surface area contributed by atoms with Crippen molar-refractivity contribution in [3.05, 3.63) is 54.1 Å². The Morgan fingerprint density at radius 3 is 2.57 bits per heavy atom. The molecule has 4 nitrogen and oxygen atoms in total. The molecule has 3 rings (SSSR count). The first kappa shape index (κ1) is 17.4. The van der Waals surface area contributed by atoms with Crippen molar-refractivity contribution in [1.29, 1.82) is 0 Å². The van der Waals surface area contributed by atoms with Gasteiger partial charge in [0, 0.05) is 18.8 Å². The van der Waals surface area contributed by atoms with Gasteiger partial charge < -0.3 is 19.5 Å². The minimum Gasteiger partial charge on any atom is -0.493 e.